The van der Waals surface area contributed by atoms with Crippen LogP contribution in [0.4, 0.5) is 0 Å². The molecule has 0 amide bonds. The van der Waals surface area contributed by atoms with Crippen LogP contribution in [0.15, 0.2) is 15.9 Å². The number of nitrogens with two attached hydrogens (primary N) is 1. The van der Waals surface area contributed by atoms with Gasteiger partial charge in [-0.2, -0.15) is 0 Å². The molecule has 17 heavy (non-hydrogen) atoms. The summed E-state index contributed by atoms with van der Waals surface area (Å²) in [7, 11) is 0. The fraction of sp³-hybridized carbons (Fsp3) is 0.714. The zero-order chi connectivity index (χ0) is 12.3. The first-order valence-electron chi connectivity index (χ1n) is 6.68. The Balaban J connectivity index is 1.85. The highest BCUT2D eigenvalue weighted by atomic mass is 79.9. The van der Waals surface area contributed by atoms with Gasteiger partial charge in [-0.15, -0.1) is 11.3 Å². The summed E-state index contributed by atoms with van der Waals surface area (Å²) >= 11 is 5.41. The number of halogens is 1. The second-order valence-electron chi connectivity index (χ2n) is 5.25. The number of thiophene rings is 1. The van der Waals surface area contributed by atoms with Crippen molar-refractivity contribution in [2.24, 2.45) is 17.6 Å². The highest BCUT2D eigenvalue weighted by Crippen LogP contribution is 2.34. The molecule has 2 N–H and O–H groups in total. The number of rotatable bonds is 4. The SMILES string of the molecule is CCC1CCC(C(N)Cc2sccc2Br)CC1. The normalized spacial score (nSPS) is 27.0. The summed E-state index contributed by atoms with van der Waals surface area (Å²) in [6.45, 7) is 2.31. The van der Waals surface area contributed by atoms with Gasteiger partial charge in [0.1, 0.15) is 0 Å². The van der Waals surface area contributed by atoms with E-state index in [2.05, 4.69) is 34.3 Å². The van der Waals surface area contributed by atoms with Crippen molar-refractivity contribution in [1.29, 1.82) is 0 Å². The van der Waals surface area contributed by atoms with Crippen LogP contribution in [0.3, 0.4) is 0 Å². The third-order valence-corrected chi connectivity index (χ3v) is 6.14. The van der Waals surface area contributed by atoms with E-state index in [1.165, 1.54) is 41.5 Å². The predicted molar refractivity (Wildman–Crippen MR) is 79.4 cm³/mol. The molecule has 0 bridgehead atoms. The average Bonchev–Trinajstić information content (AvgIpc) is 2.75. The zero-order valence-electron chi connectivity index (χ0n) is 10.5. The molecule has 1 aromatic heterocycles. The Morgan fingerprint density at radius 2 is 2.12 bits per heavy atom. The summed E-state index contributed by atoms with van der Waals surface area (Å²) in [5.74, 6) is 1.71. The van der Waals surface area contributed by atoms with Crippen LogP contribution < -0.4 is 5.73 Å². The topological polar surface area (TPSA) is 26.0 Å². The van der Waals surface area contributed by atoms with Gasteiger partial charge in [0, 0.05) is 15.4 Å². The Labute approximate surface area is 117 Å². The quantitative estimate of drug-likeness (QED) is 0.863. The molecule has 1 unspecified atom stereocenters. The average molecular weight is 316 g/mol. The fourth-order valence-corrected chi connectivity index (χ4v) is 4.46. The van der Waals surface area contributed by atoms with Gasteiger partial charge in [0.25, 0.3) is 0 Å². The summed E-state index contributed by atoms with van der Waals surface area (Å²) in [5.41, 5.74) is 6.38. The molecular formula is C14H22BrNS. The highest BCUT2D eigenvalue weighted by molar-refractivity contribution is 9.10. The second-order valence-corrected chi connectivity index (χ2v) is 7.10. The summed E-state index contributed by atoms with van der Waals surface area (Å²) in [5, 5.41) is 2.14. The van der Waals surface area contributed by atoms with Crippen LogP contribution in [-0.4, -0.2) is 6.04 Å². The van der Waals surface area contributed by atoms with Gasteiger partial charge in [0.05, 0.1) is 0 Å². The third-order valence-electron chi connectivity index (χ3n) is 4.19. The van der Waals surface area contributed by atoms with E-state index >= 15 is 0 Å². The van der Waals surface area contributed by atoms with Crippen LogP contribution in [0.25, 0.3) is 0 Å². The molecule has 0 aromatic carbocycles. The molecule has 1 fully saturated rings. The zero-order valence-corrected chi connectivity index (χ0v) is 12.9. The highest BCUT2D eigenvalue weighted by Gasteiger charge is 2.25. The molecule has 0 saturated heterocycles. The van der Waals surface area contributed by atoms with E-state index in [4.69, 9.17) is 5.73 Å². The Morgan fingerprint density at radius 3 is 2.65 bits per heavy atom. The summed E-state index contributed by atoms with van der Waals surface area (Å²) in [6.07, 6.45) is 7.84. The minimum Gasteiger partial charge on any atom is -0.327 e. The maximum atomic E-state index is 6.38. The van der Waals surface area contributed by atoms with Gasteiger partial charge in [-0.1, -0.05) is 26.2 Å². The van der Waals surface area contributed by atoms with Gasteiger partial charge < -0.3 is 5.73 Å². The molecule has 1 nitrogen and oxygen atoms in total. The van der Waals surface area contributed by atoms with Crippen molar-refractivity contribution < 1.29 is 0 Å². The van der Waals surface area contributed by atoms with Gasteiger partial charge in [0.15, 0.2) is 0 Å². The van der Waals surface area contributed by atoms with E-state index in [0.717, 1.165) is 18.3 Å². The molecule has 0 radical (unpaired) electrons. The molecule has 0 aliphatic heterocycles. The van der Waals surface area contributed by atoms with Crippen LogP contribution >= 0.6 is 27.3 Å². The van der Waals surface area contributed by atoms with Crippen molar-refractivity contribution in [2.45, 2.75) is 51.5 Å². The molecule has 1 atom stereocenters. The van der Waals surface area contributed by atoms with E-state index in [1.54, 1.807) is 0 Å². The Morgan fingerprint density at radius 1 is 1.41 bits per heavy atom. The van der Waals surface area contributed by atoms with Crippen molar-refractivity contribution in [3.05, 3.63) is 20.8 Å². The lowest BCUT2D eigenvalue weighted by molar-refractivity contribution is 0.238. The van der Waals surface area contributed by atoms with Crippen molar-refractivity contribution >= 4 is 27.3 Å². The van der Waals surface area contributed by atoms with Gasteiger partial charge in [0.2, 0.25) is 0 Å². The van der Waals surface area contributed by atoms with Gasteiger partial charge in [-0.25, -0.2) is 0 Å². The monoisotopic (exact) mass is 315 g/mol. The van der Waals surface area contributed by atoms with Crippen molar-refractivity contribution in [1.82, 2.24) is 0 Å². The van der Waals surface area contributed by atoms with E-state index in [1.807, 2.05) is 11.3 Å². The summed E-state index contributed by atoms with van der Waals surface area (Å²) in [4.78, 5) is 1.41. The summed E-state index contributed by atoms with van der Waals surface area (Å²) < 4.78 is 1.24. The van der Waals surface area contributed by atoms with Crippen LogP contribution in [0.5, 0.6) is 0 Å². The lowest BCUT2D eigenvalue weighted by Crippen LogP contribution is -2.34. The number of hydrogen-bond donors (Lipinski definition) is 1. The maximum Gasteiger partial charge on any atom is 0.0314 e. The van der Waals surface area contributed by atoms with Crippen molar-refractivity contribution in [2.75, 3.05) is 0 Å². The smallest absolute Gasteiger partial charge is 0.0314 e. The molecule has 1 saturated carbocycles. The molecule has 0 spiro atoms. The maximum absolute atomic E-state index is 6.38. The number of hydrogen-bond acceptors (Lipinski definition) is 2. The first kappa shape index (κ1) is 13.6. The van der Waals surface area contributed by atoms with Crippen molar-refractivity contribution in [3.63, 3.8) is 0 Å². The molecule has 1 aliphatic rings. The molecule has 1 aliphatic carbocycles. The van der Waals surface area contributed by atoms with E-state index in [0.29, 0.717) is 6.04 Å². The van der Waals surface area contributed by atoms with Gasteiger partial charge >= 0.3 is 0 Å². The fourth-order valence-electron chi connectivity index (χ4n) is 2.88. The molecule has 1 heterocycles. The van der Waals surface area contributed by atoms with Crippen LogP contribution in [0.2, 0.25) is 0 Å². The molecular weight excluding hydrogens is 294 g/mol. The van der Waals surface area contributed by atoms with Gasteiger partial charge in [-0.3, -0.25) is 0 Å². The molecule has 1 aromatic rings. The van der Waals surface area contributed by atoms with Gasteiger partial charge in [-0.05, 0) is 58.5 Å². The molecule has 2 rings (SSSR count). The Hall–Kier alpha value is 0.140. The lowest BCUT2D eigenvalue weighted by atomic mass is 9.77. The third kappa shape index (κ3) is 3.55. The Kier molecular flexibility index (Phi) is 5.07. The lowest BCUT2D eigenvalue weighted by Gasteiger charge is -2.31. The minimum absolute atomic E-state index is 0.350. The van der Waals surface area contributed by atoms with Crippen LogP contribution in [-0.2, 0) is 6.42 Å². The molecule has 96 valence electrons. The van der Waals surface area contributed by atoms with E-state index in [9.17, 15) is 0 Å². The second kappa shape index (κ2) is 6.35. The minimum atomic E-state index is 0.350. The molecule has 3 heteroatoms. The largest absolute Gasteiger partial charge is 0.327 e. The van der Waals surface area contributed by atoms with Crippen molar-refractivity contribution in [3.8, 4) is 0 Å². The van der Waals surface area contributed by atoms with Crippen LogP contribution in [0.1, 0.15) is 43.9 Å². The Bertz CT molecular complexity index is 342. The standard InChI is InChI=1S/C14H22BrNS/c1-2-10-3-5-11(6-4-10)13(16)9-14-12(15)7-8-17-14/h7-8,10-11,13H,2-6,9,16H2,1H3. The van der Waals surface area contributed by atoms with E-state index in [-0.39, 0.29) is 0 Å². The predicted octanol–water partition coefficient (Wildman–Crippen LogP) is 4.60. The first-order valence-corrected chi connectivity index (χ1v) is 8.35. The van der Waals surface area contributed by atoms with E-state index < -0.39 is 0 Å². The first-order chi connectivity index (χ1) is 8.20. The summed E-state index contributed by atoms with van der Waals surface area (Å²) in [6, 6.07) is 2.48. The van der Waals surface area contributed by atoms with Crippen LogP contribution in [0, 0.1) is 11.8 Å².